The SMILES string of the molecule is COc1ccc(-c2nccc(C3CCCN3C(=O)c3cccc(Cn4ccnc4C)c3)n2)cc1. The van der Waals surface area contributed by atoms with Gasteiger partial charge in [-0.1, -0.05) is 12.1 Å². The molecule has 5 rings (SSSR count). The highest BCUT2D eigenvalue weighted by molar-refractivity contribution is 5.94. The number of carbonyl (C=O) groups is 1. The molecular weight excluding hydrogens is 426 g/mol. The molecule has 1 unspecified atom stereocenters. The van der Waals surface area contributed by atoms with Gasteiger partial charge in [-0.25, -0.2) is 15.0 Å². The van der Waals surface area contributed by atoms with E-state index in [0.717, 1.165) is 47.8 Å². The molecule has 7 nitrogen and oxygen atoms in total. The van der Waals surface area contributed by atoms with Crippen LogP contribution in [0, 0.1) is 6.92 Å². The monoisotopic (exact) mass is 453 g/mol. The first-order chi connectivity index (χ1) is 16.6. The summed E-state index contributed by atoms with van der Waals surface area (Å²) >= 11 is 0. The minimum absolute atomic E-state index is 0.0383. The fourth-order valence-electron chi connectivity index (χ4n) is 4.49. The Morgan fingerprint density at radius 2 is 1.94 bits per heavy atom. The van der Waals surface area contributed by atoms with Crippen molar-refractivity contribution >= 4 is 5.91 Å². The molecule has 2 aromatic heterocycles. The number of likely N-dealkylation sites (tertiary alicyclic amines) is 1. The molecule has 0 bridgehead atoms. The maximum atomic E-state index is 13.5. The summed E-state index contributed by atoms with van der Waals surface area (Å²) in [6.07, 6.45) is 7.36. The number of benzene rings is 2. The van der Waals surface area contributed by atoms with Crippen LogP contribution >= 0.6 is 0 Å². The number of imidazole rings is 1. The summed E-state index contributed by atoms with van der Waals surface area (Å²) in [6.45, 7) is 3.38. The second-order valence-electron chi connectivity index (χ2n) is 8.49. The lowest BCUT2D eigenvalue weighted by Gasteiger charge is -2.25. The number of nitrogens with zero attached hydrogens (tertiary/aromatic N) is 5. The third-order valence-corrected chi connectivity index (χ3v) is 6.33. The Morgan fingerprint density at radius 3 is 2.71 bits per heavy atom. The molecule has 1 fully saturated rings. The van der Waals surface area contributed by atoms with Crippen molar-refractivity contribution in [3.8, 4) is 17.1 Å². The summed E-state index contributed by atoms with van der Waals surface area (Å²) in [4.78, 5) is 29.0. The standard InChI is InChI=1S/C27H27N5O2/c1-19-28-14-16-31(19)18-20-5-3-6-22(17-20)27(33)32-15-4-7-25(32)24-12-13-29-26(30-24)21-8-10-23(34-2)11-9-21/h3,5-6,8-14,16-17,25H,4,7,15,18H2,1-2H3. The molecule has 4 aromatic rings. The summed E-state index contributed by atoms with van der Waals surface area (Å²) in [5, 5.41) is 0. The van der Waals surface area contributed by atoms with E-state index in [9.17, 15) is 4.79 Å². The third-order valence-electron chi connectivity index (χ3n) is 6.33. The lowest BCUT2D eigenvalue weighted by atomic mass is 10.1. The van der Waals surface area contributed by atoms with Gasteiger partial charge in [-0.3, -0.25) is 4.79 Å². The van der Waals surface area contributed by atoms with Crippen molar-refractivity contribution in [1.82, 2.24) is 24.4 Å². The first-order valence-electron chi connectivity index (χ1n) is 11.5. The Balaban J connectivity index is 1.37. The first kappa shape index (κ1) is 21.8. The number of methoxy groups -OCH3 is 1. The molecule has 172 valence electrons. The molecule has 1 aliphatic heterocycles. The van der Waals surface area contributed by atoms with Gasteiger partial charge in [0.1, 0.15) is 11.6 Å². The van der Waals surface area contributed by atoms with Gasteiger partial charge in [-0.15, -0.1) is 0 Å². The van der Waals surface area contributed by atoms with E-state index in [-0.39, 0.29) is 11.9 Å². The van der Waals surface area contributed by atoms with Crippen LogP contribution in [0.25, 0.3) is 11.4 Å². The average Bonchev–Trinajstić information content (AvgIpc) is 3.53. The van der Waals surface area contributed by atoms with E-state index < -0.39 is 0 Å². The molecule has 3 heterocycles. The molecule has 0 spiro atoms. The average molecular weight is 454 g/mol. The number of ether oxygens (including phenoxy) is 1. The van der Waals surface area contributed by atoms with Crippen LogP contribution in [-0.4, -0.2) is 44.0 Å². The number of carbonyl (C=O) groups excluding carboxylic acids is 1. The minimum atomic E-state index is -0.0629. The molecule has 7 heteroatoms. The van der Waals surface area contributed by atoms with E-state index in [1.807, 2.05) is 72.6 Å². The van der Waals surface area contributed by atoms with Crippen LogP contribution in [0.5, 0.6) is 5.75 Å². The van der Waals surface area contributed by atoms with E-state index in [0.29, 0.717) is 17.9 Å². The van der Waals surface area contributed by atoms with Gasteiger partial charge in [-0.05, 0) is 67.8 Å². The number of aromatic nitrogens is 4. The van der Waals surface area contributed by atoms with E-state index in [1.54, 1.807) is 19.5 Å². The van der Waals surface area contributed by atoms with Gasteiger partial charge < -0.3 is 14.2 Å². The van der Waals surface area contributed by atoms with Gasteiger partial charge in [0.05, 0.1) is 18.8 Å². The summed E-state index contributed by atoms with van der Waals surface area (Å²) in [5.74, 6) is 2.43. The summed E-state index contributed by atoms with van der Waals surface area (Å²) in [6, 6.07) is 17.4. The van der Waals surface area contributed by atoms with E-state index in [1.165, 1.54) is 0 Å². The van der Waals surface area contributed by atoms with Gasteiger partial charge >= 0.3 is 0 Å². The number of hydrogen-bond acceptors (Lipinski definition) is 5. The third kappa shape index (κ3) is 4.41. The zero-order valence-corrected chi connectivity index (χ0v) is 19.4. The lowest BCUT2D eigenvalue weighted by Crippen LogP contribution is -2.31. The lowest BCUT2D eigenvalue weighted by molar-refractivity contribution is 0.0732. The molecule has 34 heavy (non-hydrogen) atoms. The Morgan fingerprint density at radius 1 is 1.09 bits per heavy atom. The second kappa shape index (κ2) is 9.47. The quantitative estimate of drug-likeness (QED) is 0.424. The molecular formula is C27H27N5O2. The van der Waals surface area contributed by atoms with Crippen LogP contribution < -0.4 is 4.74 Å². The molecule has 0 saturated carbocycles. The van der Waals surface area contributed by atoms with Crippen molar-refractivity contribution < 1.29 is 9.53 Å². The zero-order chi connectivity index (χ0) is 23.5. The zero-order valence-electron chi connectivity index (χ0n) is 19.4. The molecule has 0 aliphatic carbocycles. The van der Waals surface area contributed by atoms with E-state index in [4.69, 9.17) is 9.72 Å². The van der Waals surface area contributed by atoms with Gasteiger partial charge in [0.25, 0.3) is 5.91 Å². The second-order valence-corrected chi connectivity index (χ2v) is 8.49. The number of amides is 1. The fourth-order valence-corrected chi connectivity index (χ4v) is 4.49. The topological polar surface area (TPSA) is 73.1 Å². The molecule has 0 radical (unpaired) electrons. The van der Waals surface area contributed by atoms with Crippen LogP contribution in [-0.2, 0) is 6.54 Å². The van der Waals surface area contributed by atoms with Crippen molar-refractivity contribution in [2.45, 2.75) is 32.4 Å². The summed E-state index contributed by atoms with van der Waals surface area (Å²) in [5.41, 5.74) is 3.57. The summed E-state index contributed by atoms with van der Waals surface area (Å²) < 4.78 is 7.32. The summed E-state index contributed by atoms with van der Waals surface area (Å²) in [7, 11) is 1.65. The van der Waals surface area contributed by atoms with Crippen molar-refractivity contribution in [2.75, 3.05) is 13.7 Å². The molecule has 1 saturated heterocycles. The predicted molar refractivity (Wildman–Crippen MR) is 130 cm³/mol. The maximum absolute atomic E-state index is 13.5. The predicted octanol–water partition coefficient (Wildman–Crippen LogP) is 4.68. The van der Waals surface area contributed by atoms with E-state index in [2.05, 4.69) is 14.5 Å². The van der Waals surface area contributed by atoms with Crippen LogP contribution in [0.4, 0.5) is 0 Å². The Kier molecular flexibility index (Phi) is 6.08. The normalized spacial score (nSPS) is 15.5. The van der Waals surface area contributed by atoms with Crippen molar-refractivity contribution in [1.29, 1.82) is 0 Å². The Hall–Kier alpha value is -4.00. The molecule has 1 atom stereocenters. The highest BCUT2D eigenvalue weighted by atomic mass is 16.5. The van der Waals surface area contributed by atoms with Crippen LogP contribution in [0.1, 0.15) is 46.3 Å². The number of aryl methyl sites for hydroxylation is 1. The first-order valence-corrected chi connectivity index (χ1v) is 11.5. The van der Waals surface area contributed by atoms with Gasteiger partial charge in [0.2, 0.25) is 0 Å². The smallest absolute Gasteiger partial charge is 0.254 e. The van der Waals surface area contributed by atoms with Crippen molar-refractivity contribution in [3.05, 3.63) is 95.8 Å². The van der Waals surface area contributed by atoms with Crippen LogP contribution in [0.3, 0.4) is 0 Å². The molecule has 0 N–H and O–H groups in total. The van der Waals surface area contributed by atoms with Crippen molar-refractivity contribution in [2.24, 2.45) is 0 Å². The Bertz CT molecular complexity index is 1300. The van der Waals surface area contributed by atoms with Crippen LogP contribution in [0.2, 0.25) is 0 Å². The largest absolute Gasteiger partial charge is 0.497 e. The minimum Gasteiger partial charge on any atom is -0.497 e. The van der Waals surface area contributed by atoms with E-state index >= 15 is 0 Å². The van der Waals surface area contributed by atoms with Gasteiger partial charge in [-0.2, -0.15) is 0 Å². The fraction of sp³-hybridized carbons (Fsp3) is 0.259. The van der Waals surface area contributed by atoms with Gasteiger partial charge in [0.15, 0.2) is 5.82 Å². The van der Waals surface area contributed by atoms with Crippen molar-refractivity contribution in [3.63, 3.8) is 0 Å². The maximum Gasteiger partial charge on any atom is 0.254 e. The van der Waals surface area contributed by atoms with Gasteiger partial charge in [0, 0.05) is 42.8 Å². The number of hydrogen-bond donors (Lipinski definition) is 0. The van der Waals surface area contributed by atoms with Crippen LogP contribution in [0.15, 0.2) is 73.2 Å². The molecule has 1 aliphatic rings. The highest BCUT2D eigenvalue weighted by Crippen LogP contribution is 2.33. The highest BCUT2D eigenvalue weighted by Gasteiger charge is 2.32. The Labute approximate surface area is 199 Å². The molecule has 1 amide bonds. The molecule has 2 aromatic carbocycles. The number of rotatable bonds is 6.